The molecule has 10 nitrogen and oxygen atoms in total. The zero-order chi connectivity index (χ0) is 23.8. The summed E-state index contributed by atoms with van der Waals surface area (Å²) in [6.45, 7) is 4.00. The molecule has 0 unspecified atom stereocenters. The maximum Gasteiger partial charge on any atom is 0.417 e. The number of aromatic amines is 2. The van der Waals surface area contributed by atoms with Crippen molar-refractivity contribution in [1.29, 1.82) is 0 Å². The van der Waals surface area contributed by atoms with Crippen LogP contribution in [0.5, 0.6) is 0 Å². The van der Waals surface area contributed by atoms with Crippen LogP contribution in [0.15, 0.2) is 29.2 Å². The smallest absolute Gasteiger partial charge is 0.369 e. The third-order valence-corrected chi connectivity index (χ3v) is 5.17. The molecule has 0 saturated carbocycles. The summed E-state index contributed by atoms with van der Waals surface area (Å²) >= 11 is 0. The minimum absolute atomic E-state index is 0.0589. The average Bonchev–Trinajstić information content (AvgIpc) is 3.35. The Labute approximate surface area is 178 Å². The second kappa shape index (κ2) is 8.16. The summed E-state index contributed by atoms with van der Waals surface area (Å²) in [5.41, 5.74) is 3.44. The number of nitrogens with one attached hydrogen (secondary N) is 2. The largest absolute Gasteiger partial charge is 0.417 e. The van der Waals surface area contributed by atoms with E-state index in [-0.39, 0.29) is 28.1 Å². The number of nitrogens with two attached hydrogens (primary N) is 2. The van der Waals surface area contributed by atoms with Crippen molar-refractivity contribution in [2.45, 2.75) is 24.9 Å². The van der Waals surface area contributed by atoms with Gasteiger partial charge in [0.1, 0.15) is 10.7 Å². The molecule has 170 valence electrons. The van der Waals surface area contributed by atoms with E-state index >= 15 is 0 Å². The highest BCUT2D eigenvalue weighted by atomic mass is 32.2. The van der Waals surface area contributed by atoms with Crippen molar-refractivity contribution >= 4 is 27.0 Å². The van der Waals surface area contributed by atoms with Crippen molar-refractivity contribution in [2.24, 2.45) is 5.14 Å². The molecule has 0 saturated heterocycles. The Balaban J connectivity index is 0.00000141. The van der Waals surface area contributed by atoms with Crippen molar-refractivity contribution in [1.82, 2.24) is 30.6 Å². The van der Waals surface area contributed by atoms with E-state index in [0.29, 0.717) is 6.07 Å². The molecule has 32 heavy (non-hydrogen) atoms. The Hall–Kier alpha value is -3.59. The van der Waals surface area contributed by atoms with E-state index < -0.39 is 43.9 Å². The Morgan fingerprint density at radius 3 is 2.34 bits per heavy atom. The minimum Gasteiger partial charge on any atom is -0.369 e. The molecule has 4 rings (SSSR count). The maximum atomic E-state index is 14.2. The van der Waals surface area contributed by atoms with Crippen LogP contribution in [0.1, 0.15) is 19.4 Å². The number of hydrogen-bond donors (Lipinski definition) is 4. The molecule has 6 N–H and O–H groups in total. The van der Waals surface area contributed by atoms with E-state index in [1.807, 2.05) is 13.8 Å². The highest BCUT2D eigenvalue weighted by Crippen LogP contribution is 2.44. The molecule has 0 aliphatic rings. The average molecular weight is 472 g/mol. The van der Waals surface area contributed by atoms with Crippen LogP contribution >= 0.6 is 0 Å². The quantitative estimate of drug-likeness (QED) is 0.332. The molecule has 0 radical (unpaired) electrons. The van der Waals surface area contributed by atoms with Crippen LogP contribution in [0, 0.1) is 5.82 Å². The molecule has 0 amide bonds. The topological polar surface area (TPSA) is 169 Å². The van der Waals surface area contributed by atoms with Gasteiger partial charge in [-0.25, -0.2) is 22.9 Å². The van der Waals surface area contributed by atoms with E-state index in [1.54, 1.807) is 0 Å². The molecule has 2 heterocycles. The summed E-state index contributed by atoms with van der Waals surface area (Å²) in [5.74, 6) is -1.37. The number of aromatic nitrogens is 6. The van der Waals surface area contributed by atoms with Gasteiger partial charge in [0.25, 0.3) is 0 Å². The van der Waals surface area contributed by atoms with E-state index in [0.717, 1.165) is 18.2 Å². The van der Waals surface area contributed by atoms with Gasteiger partial charge >= 0.3 is 6.18 Å². The number of primary sulfonamides is 1. The number of anilines is 1. The molecule has 0 fully saturated rings. The lowest BCUT2D eigenvalue weighted by Gasteiger charge is -2.17. The lowest BCUT2D eigenvalue weighted by atomic mass is 9.95. The van der Waals surface area contributed by atoms with Crippen LogP contribution < -0.4 is 10.9 Å². The van der Waals surface area contributed by atoms with Crippen LogP contribution in [0.2, 0.25) is 0 Å². The molecule has 0 aliphatic heterocycles. The number of alkyl halides is 3. The maximum absolute atomic E-state index is 14.2. The van der Waals surface area contributed by atoms with Gasteiger partial charge < -0.3 is 10.7 Å². The number of H-pyrrole nitrogens is 2. The second-order valence-electron chi connectivity index (χ2n) is 6.11. The van der Waals surface area contributed by atoms with Gasteiger partial charge in [0, 0.05) is 5.56 Å². The van der Waals surface area contributed by atoms with E-state index in [4.69, 9.17) is 10.9 Å². The number of nitrogen functional groups attached to an aromatic ring is 1. The number of sulfonamides is 1. The molecule has 2 aromatic heterocycles. The van der Waals surface area contributed by atoms with E-state index in [1.165, 1.54) is 0 Å². The van der Waals surface area contributed by atoms with Gasteiger partial charge in [0.05, 0.1) is 22.2 Å². The molecule has 2 aromatic carbocycles. The number of halogens is 4. The number of fused-ring (bicyclic) bond motifs is 1. The summed E-state index contributed by atoms with van der Waals surface area (Å²) in [6, 6.07) is 3.50. The fourth-order valence-corrected chi connectivity index (χ4v) is 4.10. The third kappa shape index (κ3) is 4.11. The van der Waals surface area contributed by atoms with Gasteiger partial charge in [0.15, 0.2) is 5.95 Å². The first-order chi connectivity index (χ1) is 15.0. The van der Waals surface area contributed by atoms with Crippen molar-refractivity contribution in [3.05, 3.63) is 35.6 Å². The van der Waals surface area contributed by atoms with Crippen molar-refractivity contribution in [3.63, 3.8) is 0 Å². The third-order valence-electron chi connectivity index (χ3n) is 4.18. The Bertz CT molecular complexity index is 1380. The van der Waals surface area contributed by atoms with Gasteiger partial charge in [-0.15, -0.1) is 10.2 Å². The molecule has 4 aromatic rings. The predicted octanol–water partition coefficient (Wildman–Crippen LogP) is 2.82. The normalized spacial score (nSPS) is 12.0. The Morgan fingerprint density at radius 2 is 1.78 bits per heavy atom. The first-order valence-corrected chi connectivity index (χ1v) is 10.5. The highest BCUT2D eigenvalue weighted by Gasteiger charge is 2.40. The number of benzene rings is 2. The highest BCUT2D eigenvalue weighted by molar-refractivity contribution is 7.89. The van der Waals surface area contributed by atoms with Crippen LogP contribution in [0.3, 0.4) is 0 Å². The molecule has 0 atom stereocenters. The molecule has 0 aliphatic carbocycles. The number of nitrogens with zero attached hydrogens (tertiary/aromatic N) is 4. The molecule has 0 bridgehead atoms. The first kappa shape index (κ1) is 23.1. The fourth-order valence-electron chi connectivity index (χ4n) is 3.12. The lowest BCUT2D eigenvalue weighted by molar-refractivity contribution is -0.139. The molecular weight excluding hydrogens is 456 g/mol. The van der Waals surface area contributed by atoms with Gasteiger partial charge in [-0.2, -0.15) is 18.4 Å². The molecular formula is C17H16F4N8O2S. The predicted molar refractivity (Wildman–Crippen MR) is 107 cm³/mol. The van der Waals surface area contributed by atoms with Gasteiger partial charge in [-0.3, -0.25) is 0 Å². The summed E-state index contributed by atoms with van der Waals surface area (Å²) < 4.78 is 79.4. The number of rotatable bonds is 3. The Morgan fingerprint density at radius 1 is 1.09 bits per heavy atom. The van der Waals surface area contributed by atoms with Crippen LogP contribution in [-0.4, -0.2) is 39.0 Å². The van der Waals surface area contributed by atoms with Gasteiger partial charge in [-0.05, 0) is 29.0 Å². The second-order valence-corrected chi connectivity index (χ2v) is 7.61. The standard InChI is InChI=1S/C15H10F4N8O2S.C2H6/c16-5-3-7(11-9(4-5)22-14(20)23-11)6-1-2-8(15(17,18)19)12(30(21,28)29)10(6)13-24-26-27-25-13;1-2/h1-4H,(H3,20,22,23)(H2,21,28,29)(H,24,25,26,27);1-2H3. The van der Waals surface area contributed by atoms with Crippen molar-refractivity contribution in [2.75, 3.05) is 5.73 Å². The summed E-state index contributed by atoms with van der Waals surface area (Å²) in [4.78, 5) is 5.32. The van der Waals surface area contributed by atoms with Crippen LogP contribution in [0.25, 0.3) is 33.5 Å². The monoisotopic (exact) mass is 472 g/mol. The fraction of sp³-hybridized carbons (Fsp3) is 0.176. The summed E-state index contributed by atoms with van der Waals surface area (Å²) in [6.07, 6.45) is -5.08. The van der Waals surface area contributed by atoms with Gasteiger partial charge in [-0.1, -0.05) is 19.9 Å². The van der Waals surface area contributed by atoms with Crippen LogP contribution in [0.4, 0.5) is 23.5 Å². The SMILES string of the molecule is CC.Nc1nc2c(-c3ccc(C(F)(F)F)c(S(N)(=O)=O)c3-c3nn[nH]n3)cc(F)cc2[nH]1. The molecule has 15 heteroatoms. The number of imidazole rings is 1. The van der Waals surface area contributed by atoms with Crippen molar-refractivity contribution < 1.29 is 26.0 Å². The van der Waals surface area contributed by atoms with Crippen LogP contribution in [-0.2, 0) is 16.2 Å². The zero-order valence-electron chi connectivity index (χ0n) is 16.5. The number of tetrazole rings is 1. The van der Waals surface area contributed by atoms with Crippen molar-refractivity contribution in [3.8, 4) is 22.5 Å². The first-order valence-electron chi connectivity index (χ1n) is 8.92. The molecule has 0 spiro atoms. The van der Waals surface area contributed by atoms with Gasteiger partial charge in [0.2, 0.25) is 15.8 Å². The number of hydrogen-bond acceptors (Lipinski definition) is 7. The zero-order valence-corrected chi connectivity index (χ0v) is 17.3. The summed E-state index contributed by atoms with van der Waals surface area (Å²) in [7, 11) is -4.95. The van der Waals surface area contributed by atoms with E-state index in [2.05, 4.69) is 30.6 Å². The minimum atomic E-state index is -5.08. The van der Waals surface area contributed by atoms with E-state index in [9.17, 15) is 26.0 Å². The Kier molecular flexibility index (Phi) is 5.88. The lowest BCUT2D eigenvalue weighted by Crippen LogP contribution is -2.21. The summed E-state index contributed by atoms with van der Waals surface area (Å²) in [5, 5.41) is 17.6.